The number of nitrogens with zero attached hydrogens (tertiary/aromatic N) is 3. The number of halogens is 2. The molecule has 0 radical (unpaired) electrons. The van der Waals surface area contributed by atoms with Crippen molar-refractivity contribution in [2.45, 2.75) is 38.3 Å². The van der Waals surface area contributed by atoms with E-state index >= 15 is 0 Å². The van der Waals surface area contributed by atoms with E-state index in [4.69, 9.17) is 11.6 Å². The van der Waals surface area contributed by atoms with Gasteiger partial charge < -0.3 is 20.6 Å². The molecule has 152 valence electrons. The van der Waals surface area contributed by atoms with Gasteiger partial charge in [0.05, 0.1) is 4.47 Å². The Morgan fingerprint density at radius 1 is 1.25 bits per heavy atom. The lowest BCUT2D eigenvalue weighted by Crippen LogP contribution is -2.31. The number of hydrogen-bond acceptors (Lipinski definition) is 6. The quantitative estimate of drug-likeness (QED) is 0.558. The van der Waals surface area contributed by atoms with Crippen LogP contribution in [0.3, 0.4) is 0 Å². The average Bonchev–Trinajstić information content (AvgIpc) is 2.67. The summed E-state index contributed by atoms with van der Waals surface area (Å²) in [6.45, 7) is 1.54. The van der Waals surface area contributed by atoms with Gasteiger partial charge in [0.15, 0.2) is 0 Å². The van der Waals surface area contributed by atoms with Gasteiger partial charge >= 0.3 is 0 Å². The number of phenolic OH excluding ortho intramolecular Hbond substituents is 1. The second-order valence-electron chi connectivity index (χ2n) is 7.52. The molecule has 8 heteroatoms. The van der Waals surface area contributed by atoms with Crippen molar-refractivity contribution < 1.29 is 5.11 Å². The molecule has 3 rings (SSSR count). The highest BCUT2D eigenvalue weighted by Crippen LogP contribution is 2.31. The van der Waals surface area contributed by atoms with Gasteiger partial charge in [0.1, 0.15) is 11.6 Å². The Bertz CT molecular complexity index is 796. The first-order chi connectivity index (χ1) is 13.4. The van der Waals surface area contributed by atoms with Crippen LogP contribution < -0.4 is 15.5 Å². The SMILES string of the molecule is CN(C)c1ccnc(N[C@H]2CC[C@@H](CNCc3cc(Cl)cc(Br)c3O)CC2)n1. The third-order valence-corrected chi connectivity index (χ3v) is 5.96. The van der Waals surface area contributed by atoms with E-state index in [0.717, 1.165) is 43.6 Å². The van der Waals surface area contributed by atoms with Crippen LogP contribution in [-0.4, -0.2) is 41.8 Å². The minimum absolute atomic E-state index is 0.254. The predicted octanol–water partition coefficient (Wildman–Crippen LogP) is 4.42. The van der Waals surface area contributed by atoms with Crippen LogP contribution >= 0.6 is 27.5 Å². The molecule has 0 amide bonds. The second kappa shape index (κ2) is 9.76. The van der Waals surface area contributed by atoms with E-state index in [0.29, 0.717) is 33.9 Å². The van der Waals surface area contributed by atoms with Crippen molar-refractivity contribution in [2.75, 3.05) is 30.9 Å². The second-order valence-corrected chi connectivity index (χ2v) is 8.81. The van der Waals surface area contributed by atoms with Crippen LogP contribution in [0, 0.1) is 5.92 Å². The summed E-state index contributed by atoms with van der Waals surface area (Å²) in [5.41, 5.74) is 0.813. The molecule has 1 aromatic heterocycles. The number of rotatable bonds is 7. The van der Waals surface area contributed by atoms with Gasteiger partial charge in [-0.1, -0.05) is 11.6 Å². The molecule has 1 saturated carbocycles. The van der Waals surface area contributed by atoms with Crippen LogP contribution in [0.15, 0.2) is 28.9 Å². The summed E-state index contributed by atoms with van der Waals surface area (Å²) in [5.74, 6) is 2.50. The summed E-state index contributed by atoms with van der Waals surface area (Å²) in [6, 6.07) is 5.83. The maximum absolute atomic E-state index is 10.1. The van der Waals surface area contributed by atoms with Gasteiger partial charge in [0.25, 0.3) is 0 Å². The minimum Gasteiger partial charge on any atom is -0.506 e. The van der Waals surface area contributed by atoms with E-state index in [1.807, 2.05) is 25.1 Å². The average molecular weight is 469 g/mol. The largest absolute Gasteiger partial charge is 0.506 e. The summed E-state index contributed by atoms with van der Waals surface area (Å²) in [6.07, 6.45) is 6.32. The number of hydrogen-bond donors (Lipinski definition) is 3. The molecular weight excluding hydrogens is 442 g/mol. The number of aromatic hydroxyl groups is 1. The molecule has 0 aliphatic heterocycles. The first-order valence-electron chi connectivity index (χ1n) is 9.57. The van der Waals surface area contributed by atoms with Gasteiger partial charge in [0.2, 0.25) is 5.95 Å². The van der Waals surface area contributed by atoms with E-state index in [-0.39, 0.29) is 5.75 Å². The molecule has 1 fully saturated rings. The highest BCUT2D eigenvalue weighted by Gasteiger charge is 2.21. The van der Waals surface area contributed by atoms with Crippen molar-refractivity contribution in [3.05, 3.63) is 39.5 Å². The molecule has 1 heterocycles. The van der Waals surface area contributed by atoms with Crippen molar-refractivity contribution in [3.63, 3.8) is 0 Å². The summed E-state index contributed by atoms with van der Waals surface area (Å²) in [7, 11) is 3.96. The fourth-order valence-electron chi connectivity index (χ4n) is 3.53. The minimum atomic E-state index is 0.254. The lowest BCUT2D eigenvalue weighted by Gasteiger charge is -2.29. The van der Waals surface area contributed by atoms with Crippen molar-refractivity contribution in [3.8, 4) is 5.75 Å². The summed E-state index contributed by atoms with van der Waals surface area (Å²) in [4.78, 5) is 10.9. The number of phenols is 1. The third kappa shape index (κ3) is 5.72. The number of nitrogens with one attached hydrogen (secondary N) is 2. The van der Waals surface area contributed by atoms with Gasteiger partial charge in [-0.25, -0.2) is 4.98 Å². The molecule has 0 bridgehead atoms. The van der Waals surface area contributed by atoms with Crippen molar-refractivity contribution in [1.82, 2.24) is 15.3 Å². The van der Waals surface area contributed by atoms with Crippen LogP contribution in [0.5, 0.6) is 5.75 Å². The highest BCUT2D eigenvalue weighted by molar-refractivity contribution is 9.10. The van der Waals surface area contributed by atoms with Crippen molar-refractivity contribution >= 4 is 39.3 Å². The summed E-state index contributed by atoms with van der Waals surface area (Å²) >= 11 is 9.40. The topological polar surface area (TPSA) is 73.3 Å². The maximum atomic E-state index is 10.1. The van der Waals surface area contributed by atoms with Crippen LogP contribution in [0.1, 0.15) is 31.2 Å². The Labute approximate surface area is 179 Å². The fraction of sp³-hybridized carbons (Fsp3) is 0.500. The monoisotopic (exact) mass is 467 g/mol. The zero-order chi connectivity index (χ0) is 20.1. The molecule has 6 nitrogen and oxygen atoms in total. The highest BCUT2D eigenvalue weighted by atomic mass is 79.9. The molecule has 1 aliphatic rings. The first-order valence-corrected chi connectivity index (χ1v) is 10.7. The molecule has 1 aromatic carbocycles. The Morgan fingerprint density at radius 3 is 2.71 bits per heavy atom. The Balaban J connectivity index is 1.43. The van der Waals surface area contributed by atoms with Gasteiger partial charge in [0, 0.05) is 43.5 Å². The summed E-state index contributed by atoms with van der Waals surface area (Å²) < 4.78 is 0.629. The number of aromatic nitrogens is 2. The molecule has 28 heavy (non-hydrogen) atoms. The molecule has 2 aromatic rings. The smallest absolute Gasteiger partial charge is 0.224 e. The molecule has 0 unspecified atom stereocenters. The Hall–Kier alpha value is -1.57. The first kappa shape index (κ1) is 21.1. The van der Waals surface area contributed by atoms with Gasteiger partial charge in [-0.05, 0) is 72.3 Å². The Morgan fingerprint density at radius 2 is 2.00 bits per heavy atom. The molecular formula is C20H27BrClN5O. The lowest BCUT2D eigenvalue weighted by molar-refractivity contribution is 0.323. The standard InChI is InChI=1S/C20H27BrClN5O/c1-27(2)18-7-8-24-20(26-18)25-16-5-3-13(4-6-16)11-23-12-14-9-15(22)10-17(21)19(14)28/h7-10,13,16,23,28H,3-6,11-12H2,1-2H3,(H,24,25,26)/t13-,16+. The summed E-state index contributed by atoms with van der Waals surface area (Å²) in [5, 5.41) is 17.7. The van der Waals surface area contributed by atoms with Gasteiger partial charge in [-0.15, -0.1) is 0 Å². The van der Waals surface area contributed by atoms with Crippen molar-refractivity contribution in [2.24, 2.45) is 5.92 Å². The van der Waals surface area contributed by atoms with E-state index < -0.39 is 0 Å². The zero-order valence-corrected chi connectivity index (χ0v) is 18.6. The van der Waals surface area contributed by atoms with Crippen LogP contribution in [0.4, 0.5) is 11.8 Å². The third-order valence-electron chi connectivity index (χ3n) is 5.13. The number of benzene rings is 1. The Kier molecular flexibility index (Phi) is 7.37. The maximum Gasteiger partial charge on any atom is 0.224 e. The molecule has 0 atom stereocenters. The van der Waals surface area contributed by atoms with E-state index in [1.165, 1.54) is 0 Å². The zero-order valence-electron chi connectivity index (χ0n) is 16.3. The van der Waals surface area contributed by atoms with E-state index in [9.17, 15) is 5.11 Å². The fourth-order valence-corrected chi connectivity index (χ4v) is 4.40. The van der Waals surface area contributed by atoms with Crippen LogP contribution in [-0.2, 0) is 6.54 Å². The lowest BCUT2D eigenvalue weighted by atomic mass is 9.86. The molecule has 3 N–H and O–H groups in total. The molecule has 0 spiro atoms. The van der Waals surface area contributed by atoms with Gasteiger partial charge in [-0.3, -0.25) is 0 Å². The van der Waals surface area contributed by atoms with Crippen LogP contribution in [0.2, 0.25) is 5.02 Å². The van der Waals surface area contributed by atoms with E-state index in [2.05, 4.69) is 36.5 Å². The van der Waals surface area contributed by atoms with Gasteiger partial charge in [-0.2, -0.15) is 4.98 Å². The van der Waals surface area contributed by atoms with Crippen LogP contribution in [0.25, 0.3) is 0 Å². The molecule has 0 saturated heterocycles. The molecule has 1 aliphatic carbocycles. The number of anilines is 2. The van der Waals surface area contributed by atoms with Crippen molar-refractivity contribution in [1.29, 1.82) is 0 Å². The van der Waals surface area contributed by atoms with E-state index in [1.54, 1.807) is 18.3 Å². The normalized spacial score (nSPS) is 19.4. The predicted molar refractivity (Wildman–Crippen MR) is 118 cm³/mol.